The van der Waals surface area contributed by atoms with Crippen molar-refractivity contribution in [2.75, 3.05) is 32.8 Å². The van der Waals surface area contributed by atoms with Gasteiger partial charge < -0.3 is 10.0 Å². The Balaban J connectivity index is 1.58. The van der Waals surface area contributed by atoms with Crippen molar-refractivity contribution in [3.63, 3.8) is 0 Å². The first-order valence-electron chi connectivity index (χ1n) is 9.52. The van der Waals surface area contributed by atoms with Crippen molar-refractivity contribution < 1.29 is 23.1 Å². The number of piperidine rings is 1. The molecule has 1 aromatic carbocycles. The number of likely N-dealkylation sites (tertiary alicyclic amines) is 2. The zero-order valence-corrected chi connectivity index (χ0v) is 15.6. The van der Waals surface area contributed by atoms with Crippen LogP contribution < -0.4 is 0 Å². The molecule has 2 aliphatic heterocycles. The van der Waals surface area contributed by atoms with Gasteiger partial charge in [-0.05, 0) is 48.3 Å². The van der Waals surface area contributed by atoms with E-state index in [1.807, 2.05) is 4.90 Å². The Morgan fingerprint density at radius 3 is 2.30 bits per heavy atom. The van der Waals surface area contributed by atoms with Gasteiger partial charge in [-0.25, -0.2) is 0 Å². The van der Waals surface area contributed by atoms with Gasteiger partial charge in [-0.1, -0.05) is 12.1 Å². The fourth-order valence-electron chi connectivity index (χ4n) is 4.54. The molecule has 2 heterocycles. The van der Waals surface area contributed by atoms with Gasteiger partial charge in [0.05, 0.1) is 5.56 Å². The molecule has 150 valence electrons. The first kappa shape index (κ1) is 20.1. The van der Waals surface area contributed by atoms with Crippen molar-refractivity contribution in [2.24, 2.45) is 17.8 Å². The van der Waals surface area contributed by atoms with E-state index >= 15 is 0 Å². The van der Waals surface area contributed by atoms with E-state index in [4.69, 9.17) is 0 Å². The predicted octanol–water partition coefficient (Wildman–Crippen LogP) is 3.00. The Kier molecular flexibility index (Phi) is 6.11. The molecule has 2 fully saturated rings. The van der Waals surface area contributed by atoms with Crippen LogP contribution in [0.15, 0.2) is 24.3 Å². The third kappa shape index (κ3) is 4.82. The van der Waals surface area contributed by atoms with Crippen LogP contribution in [0.25, 0.3) is 0 Å². The summed E-state index contributed by atoms with van der Waals surface area (Å²) in [6, 6.07) is 5.33. The molecule has 1 N–H and O–H groups in total. The van der Waals surface area contributed by atoms with Crippen LogP contribution in [0.5, 0.6) is 0 Å². The van der Waals surface area contributed by atoms with Gasteiger partial charge in [0.1, 0.15) is 0 Å². The molecular formula is C20H27F3N2O2. The maximum atomic E-state index is 12.7. The summed E-state index contributed by atoms with van der Waals surface area (Å²) < 4.78 is 38.1. The molecule has 1 amide bonds. The molecular weight excluding hydrogens is 357 g/mol. The highest BCUT2D eigenvalue weighted by atomic mass is 19.4. The first-order valence-corrected chi connectivity index (χ1v) is 9.52. The maximum Gasteiger partial charge on any atom is 0.416 e. The largest absolute Gasteiger partial charge is 0.416 e. The van der Waals surface area contributed by atoms with E-state index in [-0.39, 0.29) is 18.4 Å². The summed E-state index contributed by atoms with van der Waals surface area (Å²) in [5, 5.41) is 9.80. The lowest BCUT2D eigenvalue weighted by Gasteiger charge is -2.36. The molecule has 0 saturated carbocycles. The molecule has 2 saturated heterocycles. The number of benzene rings is 1. The van der Waals surface area contributed by atoms with Crippen molar-refractivity contribution in [1.82, 2.24) is 9.80 Å². The Bertz CT molecular complexity index is 640. The highest BCUT2D eigenvalue weighted by Gasteiger charge is 2.39. The molecule has 0 radical (unpaired) electrons. The number of carbonyl (C=O) groups is 1. The van der Waals surface area contributed by atoms with Crippen LogP contribution in [-0.2, 0) is 17.5 Å². The summed E-state index contributed by atoms with van der Waals surface area (Å²) in [6.07, 6.45) is -2.41. The molecule has 27 heavy (non-hydrogen) atoms. The molecule has 4 nitrogen and oxygen atoms in total. The number of aliphatic hydroxyl groups is 1. The van der Waals surface area contributed by atoms with Gasteiger partial charge in [0.25, 0.3) is 0 Å². The number of rotatable bonds is 4. The van der Waals surface area contributed by atoms with Gasteiger partial charge in [-0.3, -0.25) is 9.69 Å². The van der Waals surface area contributed by atoms with Gasteiger partial charge in [0.2, 0.25) is 5.91 Å². The van der Waals surface area contributed by atoms with Crippen molar-refractivity contribution in [3.8, 4) is 0 Å². The molecule has 0 spiro atoms. The Morgan fingerprint density at radius 2 is 1.78 bits per heavy atom. The number of amides is 1. The highest BCUT2D eigenvalue weighted by molar-refractivity contribution is 5.73. The highest BCUT2D eigenvalue weighted by Crippen LogP contribution is 2.36. The molecule has 3 rings (SSSR count). The molecule has 0 aliphatic carbocycles. The van der Waals surface area contributed by atoms with Crippen LogP contribution in [0.1, 0.15) is 30.9 Å². The SMILES string of the molecule is CC(=O)N1CCC([C@@H]2CN(Cc3ccc(C(F)(F)F)cc3)C[C@H]2CO)CC1. The summed E-state index contributed by atoms with van der Waals surface area (Å²) in [4.78, 5) is 15.6. The molecule has 2 aliphatic rings. The van der Waals surface area contributed by atoms with Crippen molar-refractivity contribution >= 4 is 5.91 Å². The Morgan fingerprint density at radius 1 is 1.15 bits per heavy atom. The second-order valence-electron chi connectivity index (χ2n) is 7.84. The quantitative estimate of drug-likeness (QED) is 0.868. The molecule has 0 unspecified atom stereocenters. The van der Waals surface area contributed by atoms with Crippen LogP contribution in [0.2, 0.25) is 0 Å². The van der Waals surface area contributed by atoms with E-state index < -0.39 is 11.7 Å². The van der Waals surface area contributed by atoms with Crippen molar-refractivity contribution in [1.29, 1.82) is 0 Å². The lowest BCUT2D eigenvalue weighted by atomic mass is 9.79. The zero-order valence-electron chi connectivity index (χ0n) is 15.6. The van der Waals surface area contributed by atoms with Gasteiger partial charge in [0, 0.05) is 46.3 Å². The number of hydrogen-bond donors (Lipinski definition) is 1. The lowest BCUT2D eigenvalue weighted by Crippen LogP contribution is -2.40. The maximum absolute atomic E-state index is 12.7. The zero-order chi connectivity index (χ0) is 19.6. The molecule has 1 aromatic rings. The molecule has 0 aromatic heterocycles. The van der Waals surface area contributed by atoms with Crippen LogP contribution in [0.3, 0.4) is 0 Å². The number of nitrogens with zero attached hydrogens (tertiary/aromatic N) is 2. The minimum atomic E-state index is -4.31. The normalized spacial score (nSPS) is 25.1. The van der Waals surface area contributed by atoms with Crippen molar-refractivity contribution in [3.05, 3.63) is 35.4 Å². The predicted molar refractivity (Wildman–Crippen MR) is 95.8 cm³/mol. The number of aliphatic hydroxyl groups excluding tert-OH is 1. The fourth-order valence-corrected chi connectivity index (χ4v) is 4.54. The minimum Gasteiger partial charge on any atom is -0.396 e. The van der Waals surface area contributed by atoms with E-state index in [9.17, 15) is 23.1 Å². The summed E-state index contributed by atoms with van der Waals surface area (Å²) in [5.74, 6) is 1.16. The van der Waals surface area contributed by atoms with Crippen LogP contribution in [0, 0.1) is 17.8 Å². The second-order valence-corrected chi connectivity index (χ2v) is 7.84. The van der Waals surface area contributed by atoms with E-state index in [2.05, 4.69) is 4.90 Å². The topological polar surface area (TPSA) is 43.8 Å². The van der Waals surface area contributed by atoms with Crippen LogP contribution in [-0.4, -0.2) is 53.6 Å². The molecule has 7 heteroatoms. The Hall–Kier alpha value is -1.60. The van der Waals surface area contributed by atoms with E-state index in [1.165, 1.54) is 12.1 Å². The standard InChI is InChI=1S/C20H27F3N2O2/c1-14(27)25-8-6-16(7-9-25)19-12-24(11-17(19)13-26)10-15-2-4-18(5-3-15)20(21,22)23/h2-5,16-17,19,26H,6-13H2,1H3/t17-,19-/m0/s1. The number of halogens is 3. The van der Waals surface area contributed by atoms with Crippen LogP contribution >= 0.6 is 0 Å². The summed E-state index contributed by atoms with van der Waals surface area (Å²) in [5.41, 5.74) is 0.225. The monoisotopic (exact) mass is 384 g/mol. The van der Waals surface area contributed by atoms with E-state index in [0.717, 1.165) is 56.7 Å². The van der Waals surface area contributed by atoms with E-state index in [1.54, 1.807) is 6.92 Å². The molecule has 2 atom stereocenters. The summed E-state index contributed by atoms with van der Waals surface area (Å²) >= 11 is 0. The lowest BCUT2D eigenvalue weighted by molar-refractivity contribution is -0.137. The minimum absolute atomic E-state index is 0.113. The third-order valence-electron chi connectivity index (χ3n) is 6.08. The van der Waals surface area contributed by atoms with Gasteiger partial charge >= 0.3 is 6.18 Å². The van der Waals surface area contributed by atoms with Gasteiger partial charge in [-0.15, -0.1) is 0 Å². The molecule has 0 bridgehead atoms. The number of alkyl halides is 3. The van der Waals surface area contributed by atoms with Gasteiger partial charge in [-0.2, -0.15) is 13.2 Å². The summed E-state index contributed by atoms with van der Waals surface area (Å²) in [6.45, 7) is 5.46. The average molecular weight is 384 g/mol. The second kappa shape index (κ2) is 8.19. The van der Waals surface area contributed by atoms with Crippen molar-refractivity contribution in [2.45, 2.75) is 32.5 Å². The third-order valence-corrected chi connectivity index (χ3v) is 6.08. The van der Waals surface area contributed by atoms with E-state index in [0.29, 0.717) is 18.4 Å². The number of carbonyl (C=O) groups excluding carboxylic acids is 1. The van der Waals surface area contributed by atoms with Crippen LogP contribution in [0.4, 0.5) is 13.2 Å². The smallest absolute Gasteiger partial charge is 0.396 e. The average Bonchev–Trinajstić information content (AvgIpc) is 3.04. The number of hydrogen-bond acceptors (Lipinski definition) is 3. The Labute approximate surface area is 158 Å². The fraction of sp³-hybridized carbons (Fsp3) is 0.650. The summed E-state index contributed by atoms with van der Waals surface area (Å²) in [7, 11) is 0. The van der Waals surface area contributed by atoms with Gasteiger partial charge in [0.15, 0.2) is 0 Å². The first-order chi connectivity index (χ1) is 12.8.